The first kappa shape index (κ1) is 15.3. The largest absolute Gasteiger partial charge is 0.496 e. The van der Waals surface area contributed by atoms with Crippen LogP contribution in [0.3, 0.4) is 0 Å². The van der Waals surface area contributed by atoms with E-state index < -0.39 is 18.1 Å². The first-order valence-electron chi connectivity index (χ1n) is 7.46. The van der Waals surface area contributed by atoms with Crippen LogP contribution < -0.4 is 4.74 Å². The lowest BCUT2D eigenvalue weighted by Crippen LogP contribution is -2.05. The summed E-state index contributed by atoms with van der Waals surface area (Å²) in [6.45, 7) is 0. The van der Waals surface area contributed by atoms with E-state index in [2.05, 4.69) is 5.10 Å². The quantitative estimate of drug-likeness (QED) is 0.787. The lowest BCUT2D eigenvalue weighted by atomic mass is 10.1. The number of alkyl halides is 1. The van der Waals surface area contributed by atoms with Crippen LogP contribution in [0.5, 0.6) is 5.75 Å². The third kappa shape index (κ3) is 2.12. The number of hydrogen-bond donors (Lipinski definition) is 1. The van der Waals surface area contributed by atoms with E-state index in [0.29, 0.717) is 11.3 Å². The van der Waals surface area contributed by atoms with Gasteiger partial charge in [0.15, 0.2) is 6.17 Å². The second kappa shape index (κ2) is 5.41. The second-order valence-corrected chi connectivity index (χ2v) is 5.60. The van der Waals surface area contributed by atoms with Crippen LogP contribution in [0.2, 0.25) is 0 Å². The summed E-state index contributed by atoms with van der Waals surface area (Å²) in [6, 6.07) is 10.6. The fraction of sp³-hybridized carbons (Fsp3) is 0.111. The van der Waals surface area contributed by atoms with Crippen molar-refractivity contribution in [2.24, 2.45) is 0 Å². The minimum absolute atomic E-state index is 0.00794. The second-order valence-electron chi connectivity index (χ2n) is 5.60. The van der Waals surface area contributed by atoms with E-state index >= 15 is 0 Å². The van der Waals surface area contributed by atoms with E-state index in [1.54, 1.807) is 18.2 Å². The molecule has 0 amide bonds. The average Bonchev–Trinajstić information content (AvgIpc) is 3.11. The van der Waals surface area contributed by atoms with E-state index in [1.807, 2.05) is 0 Å². The number of fused-ring (bicyclic) bond motifs is 3. The van der Waals surface area contributed by atoms with Crippen molar-refractivity contribution in [3.8, 4) is 22.7 Å². The zero-order chi connectivity index (χ0) is 17.7. The number of carboxylic acid groups (broad SMARTS) is 1. The zero-order valence-corrected chi connectivity index (χ0v) is 13.0. The summed E-state index contributed by atoms with van der Waals surface area (Å²) in [6.07, 6.45) is -1.70. The summed E-state index contributed by atoms with van der Waals surface area (Å²) in [5.74, 6) is -1.66. The van der Waals surface area contributed by atoms with Gasteiger partial charge in [-0.3, -0.25) is 0 Å². The molecule has 0 saturated carbocycles. The Labute approximate surface area is 141 Å². The third-order valence-corrected chi connectivity index (χ3v) is 4.25. The fourth-order valence-corrected chi connectivity index (χ4v) is 3.11. The number of halogens is 2. The number of benzene rings is 2. The van der Waals surface area contributed by atoms with Crippen LogP contribution in [-0.2, 0) is 0 Å². The van der Waals surface area contributed by atoms with E-state index in [0.717, 1.165) is 4.68 Å². The van der Waals surface area contributed by atoms with Crippen LogP contribution >= 0.6 is 0 Å². The van der Waals surface area contributed by atoms with Gasteiger partial charge in [-0.2, -0.15) is 9.49 Å². The Morgan fingerprint density at radius 1 is 1.24 bits per heavy atom. The molecule has 2 aromatic carbocycles. The smallest absolute Gasteiger partial charge is 0.335 e. The van der Waals surface area contributed by atoms with Gasteiger partial charge in [0.2, 0.25) is 5.95 Å². The van der Waals surface area contributed by atoms with Gasteiger partial charge in [-0.15, -0.1) is 0 Å². The molecule has 25 heavy (non-hydrogen) atoms. The maximum atomic E-state index is 14.9. The van der Waals surface area contributed by atoms with Crippen molar-refractivity contribution in [2.45, 2.75) is 6.17 Å². The van der Waals surface area contributed by atoms with E-state index in [9.17, 15) is 13.6 Å². The monoisotopic (exact) mass is 342 g/mol. The molecule has 3 aromatic rings. The molecule has 1 aliphatic rings. The normalized spacial score (nSPS) is 14.9. The van der Waals surface area contributed by atoms with Crippen molar-refractivity contribution in [3.05, 3.63) is 65.1 Å². The molecular weight excluding hydrogens is 330 g/mol. The number of nitrogens with zero attached hydrogens (tertiary/aromatic N) is 2. The first-order valence-corrected chi connectivity index (χ1v) is 7.46. The Bertz CT molecular complexity index is 1010. The van der Waals surface area contributed by atoms with Gasteiger partial charge in [-0.05, 0) is 24.3 Å². The number of aromatic nitrogens is 2. The summed E-state index contributed by atoms with van der Waals surface area (Å²) in [5.41, 5.74) is 0.955. The molecule has 5 nitrogen and oxygen atoms in total. The highest BCUT2D eigenvalue weighted by Gasteiger charge is 2.38. The molecular formula is C18H12F2N2O3. The molecule has 0 spiro atoms. The summed E-state index contributed by atoms with van der Waals surface area (Å²) < 4.78 is 35.8. The summed E-state index contributed by atoms with van der Waals surface area (Å²) in [7, 11) is 1.42. The molecule has 1 heterocycles. The molecule has 1 unspecified atom stereocenters. The van der Waals surface area contributed by atoms with Crippen molar-refractivity contribution >= 4 is 5.97 Å². The number of rotatable bonds is 3. The van der Waals surface area contributed by atoms with Crippen molar-refractivity contribution in [3.63, 3.8) is 0 Å². The molecule has 0 fully saturated rings. The zero-order valence-electron chi connectivity index (χ0n) is 13.0. The maximum absolute atomic E-state index is 14.9. The molecule has 0 bridgehead atoms. The Hall–Kier alpha value is -3.22. The van der Waals surface area contributed by atoms with E-state index in [4.69, 9.17) is 9.84 Å². The van der Waals surface area contributed by atoms with Crippen LogP contribution in [0.25, 0.3) is 16.9 Å². The lowest BCUT2D eigenvalue weighted by Gasteiger charge is -2.10. The van der Waals surface area contributed by atoms with Crippen LogP contribution in [0, 0.1) is 5.95 Å². The van der Waals surface area contributed by atoms with Crippen LogP contribution in [0.4, 0.5) is 8.78 Å². The van der Waals surface area contributed by atoms with Crippen LogP contribution in [-0.4, -0.2) is 28.0 Å². The van der Waals surface area contributed by atoms with Crippen molar-refractivity contribution in [1.29, 1.82) is 0 Å². The number of methoxy groups -OCH3 is 1. The van der Waals surface area contributed by atoms with Gasteiger partial charge in [0.1, 0.15) is 11.4 Å². The molecule has 7 heteroatoms. The number of hydrogen-bond acceptors (Lipinski definition) is 3. The topological polar surface area (TPSA) is 64.4 Å². The molecule has 0 aliphatic heterocycles. The SMILES string of the molecule is COc1cccc2c1C(F)c1c-2nn(-c2cccc(C(=O)O)c2)c1F. The molecule has 1 aromatic heterocycles. The number of carboxylic acids is 1. The van der Waals surface area contributed by atoms with E-state index in [-0.39, 0.29) is 28.1 Å². The number of carbonyl (C=O) groups is 1. The standard InChI is InChI=1S/C18H12F2N2O3/c1-25-12-7-3-6-11-13(12)15(19)14-16(11)21-22(17(14)20)10-5-2-4-9(8-10)18(23)24/h2-8,15H,1H3,(H,23,24). The Kier molecular flexibility index (Phi) is 3.31. The number of aromatic carboxylic acids is 1. The Morgan fingerprint density at radius 2 is 2.00 bits per heavy atom. The van der Waals surface area contributed by atoms with Crippen molar-refractivity contribution < 1.29 is 23.4 Å². The van der Waals surface area contributed by atoms with Crippen LogP contribution in [0.1, 0.15) is 27.7 Å². The molecule has 1 aliphatic carbocycles. The molecule has 1 N–H and O–H groups in total. The lowest BCUT2D eigenvalue weighted by molar-refractivity contribution is 0.0697. The van der Waals surface area contributed by atoms with Gasteiger partial charge in [0.25, 0.3) is 0 Å². The average molecular weight is 342 g/mol. The van der Waals surface area contributed by atoms with Gasteiger partial charge >= 0.3 is 5.97 Å². The van der Waals surface area contributed by atoms with Gasteiger partial charge < -0.3 is 9.84 Å². The third-order valence-electron chi connectivity index (χ3n) is 4.25. The fourth-order valence-electron chi connectivity index (χ4n) is 3.11. The maximum Gasteiger partial charge on any atom is 0.335 e. The highest BCUT2D eigenvalue weighted by atomic mass is 19.1. The number of ether oxygens (including phenoxy) is 1. The van der Waals surface area contributed by atoms with Crippen LogP contribution in [0.15, 0.2) is 42.5 Å². The summed E-state index contributed by atoms with van der Waals surface area (Å²) >= 11 is 0. The molecule has 0 radical (unpaired) electrons. The summed E-state index contributed by atoms with van der Waals surface area (Å²) in [4.78, 5) is 11.1. The van der Waals surface area contributed by atoms with Gasteiger partial charge in [0, 0.05) is 11.1 Å². The van der Waals surface area contributed by atoms with Gasteiger partial charge in [0.05, 0.1) is 23.9 Å². The molecule has 126 valence electrons. The summed E-state index contributed by atoms with van der Waals surface area (Å²) in [5, 5.41) is 13.3. The predicted molar refractivity (Wildman–Crippen MR) is 85.4 cm³/mol. The highest BCUT2D eigenvalue weighted by molar-refractivity contribution is 5.88. The van der Waals surface area contributed by atoms with Crippen molar-refractivity contribution in [2.75, 3.05) is 7.11 Å². The molecule has 4 rings (SSSR count). The van der Waals surface area contributed by atoms with Gasteiger partial charge in [-0.25, -0.2) is 13.9 Å². The first-order chi connectivity index (χ1) is 12.0. The van der Waals surface area contributed by atoms with E-state index in [1.165, 1.54) is 31.4 Å². The Morgan fingerprint density at radius 3 is 2.72 bits per heavy atom. The predicted octanol–water partition coefficient (Wildman–Crippen LogP) is 3.76. The minimum Gasteiger partial charge on any atom is -0.496 e. The van der Waals surface area contributed by atoms with Gasteiger partial charge in [-0.1, -0.05) is 18.2 Å². The van der Waals surface area contributed by atoms with Crippen molar-refractivity contribution in [1.82, 2.24) is 9.78 Å². The Balaban J connectivity index is 1.90. The molecule has 1 atom stereocenters. The molecule has 0 saturated heterocycles. The highest BCUT2D eigenvalue weighted by Crippen LogP contribution is 2.50. The minimum atomic E-state index is -1.70.